The standard InChI is InChI=1S/C20H20FN3O2/c1-24(2)18(14-8-10-16(21)11-9-14)13-22-20(25)17-12-19(26-23-17)15-6-4-3-5-7-15/h3-12,18H,13H2,1-2H3,(H,22,25)/t18-/m0/s1. The van der Waals surface area contributed by atoms with Crippen molar-refractivity contribution >= 4 is 5.91 Å². The van der Waals surface area contributed by atoms with E-state index in [4.69, 9.17) is 4.52 Å². The molecule has 2 aromatic carbocycles. The Hall–Kier alpha value is -2.99. The Balaban J connectivity index is 1.67. The van der Waals surface area contributed by atoms with E-state index in [-0.39, 0.29) is 23.5 Å². The number of rotatable bonds is 6. The van der Waals surface area contributed by atoms with Crippen LogP contribution in [0.25, 0.3) is 11.3 Å². The number of nitrogens with one attached hydrogen (secondary N) is 1. The third-order valence-electron chi connectivity index (χ3n) is 4.14. The molecule has 6 heteroatoms. The fourth-order valence-electron chi connectivity index (χ4n) is 2.68. The molecule has 0 bridgehead atoms. The molecule has 0 fully saturated rings. The van der Waals surface area contributed by atoms with Crippen molar-refractivity contribution in [3.8, 4) is 11.3 Å². The Morgan fingerprint density at radius 2 is 1.85 bits per heavy atom. The number of nitrogens with zero attached hydrogens (tertiary/aromatic N) is 2. The van der Waals surface area contributed by atoms with E-state index >= 15 is 0 Å². The molecule has 0 spiro atoms. The summed E-state index contributed by atoms with van der Waals surface area (Å²) in [5.74, 6) is -0.0605. The molecular weight excluding hydrogens is 333 g/mol. The molecule has 0 aliphatic carbocycles. The monoisotopic (exact) mass is 353 g/mol. The van der Waals surface area contributed by atoms with Crippen LogP contribution in [0, 0.1) is 5.82 Å². The molecule has 1 aromatic heterocycles. The molecule has 0 aliphatic rings. The quantitative estimate of drug-likeness (QED) is 0.737. The van der Waals surface area contributed by atoms with Crippen molar-refractivity contribution < 1.29 is 13.7 Å². The van der Waals surface area contributed by atoms with Crippen LogP contribution in [-0.2, 0) is 0 Å². The van der Waals surface area contributed by atoms with E-state index in [1.807, 2.05) is 49.3 Å². The summed E-state index contributed by atoms with van der Waals surface area (Å²) in [6.07, 6.45) is 0. The van der Waals surface area contributed by atoms with Crippen LogP contribution in [0.1, 0.15) is 22.1 Å². The van der Waals surface area contributed by atoms with Crippen LogP contribution in [0.15, 0.2) is 65.2 Å². The largest absolute Gasteiger partial charge is 0.355 e. The first-order chi connectivity index (χ1) is 12.5. The summed E-state index contributed by atoms with van der Waals surface area (Å²) < 4.78 is 18.4. The maximum atomic E-state index is 13.1. The average molecular weight is 353 g/mol. The molecule has 5 nitrogen and oxygen atoms in total. The Bertz CT molecular complexity index is 860. The lowest BCUT2D eigenvalue weighted by molar-refractivity contribution is 0.0933. The van der Waals surface area contributed by atoms with E-state index in [2.05, 4.69) is 10.5 Å². The minimum atomic E-state index is -0.315. The number of hydrogen-bond donors (Lipinski definition) is 1. The van der Waals surface area contributed by atoms with Gasteiger partial charge in [0.15, 0.2) is 11.5 Å². The van der Waals surface area contributed by atoms with Gasteiger partial charge in [0.2, 0.25) is 0 Å². The summed E-state index contributed by atoms with van der Waals surface area (Å²) in [6.45, 7) is 0.366. The van der Waals surface area contributed by atoms with Crippen LogP contribution in [-0.4, -0.2) is 36.6 Å². The molecule has 1 N–H and O–H groups in total. The fraction of sp³-hybridized carbons (Fsp3) is 0.200. The molecule has 26 heavy (non-hydrogen) atoms. The van der Waals surface area contributed by atoms with Gasteiger partial charge in [0.05, 0.1) is 6.04 Å². The minimum absolute atomic E-state index is 0.0833. The zero-order chi connectivity index (χ0) is 18.5. The highest BCUT2D eigenvalue weighted by molar-refractivity contribution is 5.93. The normalized spacial score (nSPS) is 12.2. The van der Waals surface area contributed by atoms with Gasteiger partial charge in [-0.3, -0.25) is 4.79 Å². The molecule has 0 saturated heterocycles. The van der Waals surface area contributed by atoms with Gasteiger partial charge in [-0.2, -0.15) is 0 Å². The first kappa shape index (κ1) is 17.8. The van der Waals surface area contributed by atoms with Crippen LogP contribution >= 0.6 is 0 Å². The predicted molar refractivity (Wildman–Crippen MR) is 97.1 cm³/mol. The highest BCUT2D eigenvalue weighted by Gasteiger charge is 2.18. The number of likely N-dealkylation sites (N-methyl/N-ethyl adjacent to an activating group) is 1. The highest BCUT2D eigenvalue weighted by atomic mass is 19.1. The van der Waals surface area contributed by atoms with Crippen molar-refractivity contribution in [2.75, 3.05) is 20.6 Å². The van der Waals surface area contributed by atoms with Gasteiger partial charge in [-0.15, -0.1) is 0 Å². The zero-order valence-electron chi connectivity index (χ0n) is 14.6. The second-order valence-corrected chi connectivity index (χ2v) is 6.18. The molecule has 3 aromatic rings. The number of benzene rings is 2. The van der Waals surface area contributed by atoms with Gasteiger partial charge in [0, 0.05) is 18.2 Å². The third-order valence-corrected chi connectivity index (χ3v) is 4.14. The summed E-state index contributed by atoms with van der Waals surface area (Å²) in [4.78, 5) is 14.4. The molecule has 0 aliphatic heterocycles. The van der Waals surface area contributed by atoms with Crippen LogP contribution in [0.5, 0.6) is 0 Å². The second kappa shape index (κ2) is 7.93. The number of carbonyl (C=O) groups is 1. The Morgan fingerprint density at radius 1 is 1.15 bits per heavy atom. The zero-order valence-corrected chi connectivity index (χ0v) is 14.6. The summed E-state index contributed by atoms with van der Waals surface area (Å²) in [5.41, 5.74) is 2.00. The number of hydrogen-bond acceptors (Lipinski definition) is 4. The first-order valence-corrected chi connectivity index (χ1v) is 8.27. The van der Waals surface area contributed by atoms with E-state index in [1.54, 1.807) is 18.2 Å². The van der Waals surface area contributed by atoms with E-state index in [9.17, 15) is 9.18 Å². The number of aromatic nitrogens is 1. The van der Waals surface area contributed by atoms with E-state index in [1.165, 1.54) is 12.1 Å². The molecule has 1 atom stereocenters. The molecule has 134 valence electrons. The smallest absolute Gasteiger partial charge is 0.273 e. The molecule has 1 amide bonds. The lowest BCUT2D eigenvalue weighted by atomic mass is 10.1. The maximum Gasteiger partial charge on any atom is 0.273 e. The van der Waals surface area contributed by atoms with Crippen LogP contribution in [0.2, 0.25) is 0 Å². The summed E-state index contributed by atoms with van der Waals surface area (Å²) in [7, 11) is 3.81. The highest BCUT2D eigenvalue weighted by Crippen LogP contribution is 2.20. The van der Waals surface area contributed by atoms with Crippen LogP contribution < -0.4 is 5.32 Å². The Labute approximate surface area is 151 Å². The maximum absolute atomic E-state index is 13.1. The van der Waals surface area contributed by atoms with Crippen LogP contribution in [0.3, 0.4) is 0 Å². The molecule has 3 rings (SSSR count). The number of amides is 1. The van der Waals surface area contributed by atoms with Gasteiger partial charge in [-0.25, -0.2) is 4.39 Å². The van der Waals surface area contributed by atoms with Crippen molar-refractivity contribution in [3.05, 3.63) is 77.7 Å². The Kier molecular flexibility index (Phi) is 5.43. The van der Waals surface area contributed by atoms with Gasteiger partial charge in [0.25, 0.3) is 5.91 Å². The van der Waals surface area contributed by atoms with Gasteiger partial charge < -0.3 is 14.7 Å². The lowest BCUT2D eigenvalue weighted by Gasteiger charge is -2.25. The molecule has 0 radical (unpaired) electrons. The third kappa shape index (κ3) is 4.15. The second-order valence-electron chi connectivity index (χ2n) is 6.18. The van der Waals surface area contributed by atoms with Crippen molar-refractivity contribution in [2.24, 2.45) is 0 Å². The summed E-state index contributed by atoms with van der Waals surface area (Å²) >= 11 is 0. The van der Waals surface area contributed by atoms with E-state index < -0.39 is 0 Å². The van der Waals surface area contributed by atoms with Crippen molar-refractivity contribution in [1.29, 1.82) is 0 Å². The average Bonchev–Trinajstić information content (AvgIpc) is 3.14. The van der Waals surface area contributed by atoms with E-state index in [0.29, 0.717) is 12.3 Å². The first-order valence-electron chi connectivity index (χ1n) is 8.27. The molecule has 1 heterocycles. The number of halogens is 1. The van der Waals surface area contributed by atoms with Crippen molar-refractivity contribution in [3.63, 3.8) is 0 Å². The van der Waals surface area contributed by atoms with E-state index in [0.717, 1.165) is 11.1 Å². The van der Waals surface area contributed by atoms with Gasteiger partial charge in [-0.1, -0.05) is 47.6 Å². The minimum Gasteiger partial charge on any atom is -0.355 e. The topological polar surface area (TPSA) is 58.4 Å². The van der Waals surface area contributed by atoms with Gasteiger partial charge in [0.1, 0.15) is 5.82 Å². The van der Waals surface area contributed by atoms with Crippen molar-refractivity contribution in [1.82, 2.24) is 15.4 Å². The van der Waals surface area contributed by atoms with Crippen molar-refractivity contribution in [2.45, 2.75) is 6.04 Å². The molecular formula is C20H20FN3O2. The number of carbonyl (C=O) groups excluding carboxylic acids is 1. The fourth-order valence-corrected chi connectivity index (χ4v) is 2.68. The molecule has 0 unspecified atom stereocenters. The predicted octanol–water partition coefficient (Wildman–Crippen LogP) is 3.51. The van der Waals surface area contributed by atoms with Gasteiger partial charge in [-0.05, 0) is 31.8 Å². The van der Waals surface area contributed by atoms with Crippen LogP contribution in [0.4, 0.5) is 4.39 Å². The Morgan fingerprint density at radius 3 is 2.50 bits per heavy atom. The van der Waals surface area contributed by atoms with Gasteiger partial charge >= 0.3 is 0 Å². The summed E-state index contributed by atoms with van der Waals surface area (Å²) in [6, 6.07) is 17.3. The molecule has 0 saturated carbocycles. The SMILES string of the molecule is CN(C)[C@@H](CNC(=O)c1cc(-c2ccccc2)on1)c1ccc(F)cc1. The lowest BCUT2D eigenvalue weighted by Crippen LogP contribution is -2.34. The summed E-state index contributed by atoms with van der Waals surface area (Å²) in [5, 5.41) is 6.71.